The molecular weight excluding hydrogens is 388 g/mol. The van der Waals surface area contributed by atoms with E-state index in [0.29, 0.717) is 25.9 Å². The van der Waals surface area contributed by atoms with E-state index in [4.69, 9.17) is 0 Å². The van der Waals surface area contributed by atoms with Gasteiger partial charge in [0.1, 0.15) is 5.65 Å². The minimum Gasteiger partial charge on any atom is -0.326 e. The van der Waals surface area contributed by atoms with Crippen LogP contribution in [0.25, 0.3) is 16.9 Å². The van der Waals surface area contributed by atoms with Crippen LogP contribution in [-0.2, 0) is 14.8 Å². The van der Waals surface area contributed by atoms with Gasteiger partial charge in [0.25, 0.3) is 0 Å². The molecule has 0 spiro atoms. The van der Waals surface area contributed by atoms with E-state index in [1.807, 2.05) is 60.1 Å². The van der Waals surface area contributed by atoms with E-state index in [1.54, 1.807) is 0 Å². The van der Waals surface area contributed by atoms with Crippen molar-refractivity contribution in [2.45, 2.75) is 19.8 Å². The highest BCUT2D eigenvalue weighted by Gasteiger charge is 2.28. The number of aryl methyl sites for hydroxylation is 1. The lowest BCUT2D eigenvalue weighted by Gasteiger charge is -2.29. The molecule has 0 aliphatic carbocycles. The molecule has 3 heterocycles. The van der Waals surface area contributed by atoms with Crippen LogP contribution in [0.3, 0.4) is 0 Å². The summed E-state index contributed by atoms with van der Waals surface area (Å²) in [5.41, 5.74) is 4.64. The van der Waals surface area contributed by atoms with Crippen LogP contribution in [0.15, 0.2) is 48.8 Å². The maximum atomic E-state index is 12.5. The number of anilines is 1. The summed E-state index contributed by atoms with van der Waals surface area (Å²) >= 11 is 0. The monoisotopic (exact) mass is 412 g/mol. The zero-order chi connectivity index (χ0) is 20.6. The van der Waals surface area contributed by atoms with Crippen molar-refractivity contribution in [3.63, 3.8) is 0 Å². The Morgan fingerprint density at radius 3 is 2.48 bits per heavy atom. The minimum atomic E-state index is -3.18. The van der Waals surface area contributed by atoms with Crippen molar-refractivity contribution in [3.8, 4) is 11.3 Å². The minimum absolute atomic E-state index is 0.0610. The third-order valence-electron chi connectivity index (χ3n) is 5.36. The van der Waals surface area contributed by atoms with E-state index < -0.39 is 10.0 Å². The van der Waals surface area contributed by atoms with Crippen molar-refractivity contribution in [1.29, 1.82) is 0 Å². The van der Waals surface area contributed by atoms with Gasteiger partial charge < -0.3 is 9.72 Å². The van der Waals surface area contributed by atoms with Crippen LogP contribution in [0.5, 0.6) is 0 Å². The first-order chi connectivity index (χ1) is 13.8. The highest BCUT2D eigenvalue weighted by atomic mass is 32.2. The predicted molar refractivity (Wildman–Crippen MR) is 113 cm³/mol. The molecule has 1 saturated heterocycles. The SMILES string of the molecule is Cc1ccn2cc(-c3ccc(NC(=O)C4CCN(S(C)(=O)=O)CC4)cc3)nc2c1. The molecule has 1 aromatic carbocycles. The molecule has 8 heteroatoms. The molecule has 1 aliphatic rings. The van der Waals surface area contributed by atoms with E-state index >= 15 is 0 Å². The molecule has 1 aliphatic heterocycles. The van der Waals surface area contributed by atoms with E-state index in [0.717, 1.165) is 28.2 Å². The van der Waals surface area contributed by atoms with Crippen molar-refractivity contribution in [1.82, 2.24) is 13.7 Å². The summed E-state index contributed by atoms with van der Waals surface area (Å²) in [6.45, 7) is 2.82. The summed E-state index contributed by atoms with van der Waals surface area (Å²) < 4.78 is 26.6. The van der Waals surface area contributed by atoms with Crippen LogP contribution in [-0.4, -0.2) is 47.4 Å². The van der Waals surface area contributed by atoms with Gasteiger partial charge in [0.2, 0.25) is 15.9 Å². The Kier molecular flexibility index (Phi) is 5.14. The van der Waals surface area contributed by atoms with Gasteiger partial charge in [-0.15, -0.1) is 0 Å². The zero-order valence-electron chi connectivity index (χ0n) is 16.5. The number of fused-ring (bicyclic) bond motifs is 1. The number of hydrogen-bond donors (Lipinski definition) is 1. The number of imidazole rings is 1. The number of hydrogen-bond acceptors (Lipinski definition) is 4. The van der Waals surface area contributed by atoms with Crippen molar-refractivity contribution < 1.29 is 13.2 Å². The summed E-state index contributed by atoms with van der Waals surface area (Å²) in [6, 6.07) is 11.7. The van der Waals surface area contributed by atoms with Gasteiger partial charge in [-0.2, -0.15) is 0 Å². The lowest BCUT2D eigenvalue weighted by atomic mass is 9.97. The molecular formula is C21H24N4O3S. The highest BCUT2D eigenvalue weighted by Crippen LogP contribution is 2.24. The number of pyridine rings is 1. The molecule has 29 heavy (non-hydrogen) atoms. The summed E-state index contributed by atoms with van der Waals surface area (Å²) in [6.07, 6.45) is 6.26. The van der Waals surface area contributed by atoms with Crippen LogP contribution in [0.4, 0.5) is 5.69 Å². The second-order valence-electron chi connectivity index (χ2n) is 7.60. The number of sulfonamides is 1. The fourth-order valence-electron chi connectivity index (χ4n) is 3.64. The van der Waals surface area contributed by atoms with Crippen LogP contribution in [0, 0.1) is 12.8 Å². The van der Waals surface area contributed by atoms with Crippen molar-refractivity contribution in [2.24, 2.45) is 5.92 Å². The van der Waals surface area contributed by atoms with E-state index in [2.05, 4.69) is 10.3 Å². The molecule has 0 bridgehead atoms. The maximum absolute atomic E-state index is 12.5. The van der Waals surface area contributed by atoms with E-state index in [9.17, 15) is 13.2 Å². The Morgan fingerprint density at radius 1 is 1.14 bits per heavy atom. The Hall–Kier alpha value is -2.71. The molecule has 1 fully saturated rings. The number of piperidine rings is 1. The van der Waals surface area contributed by atoms with Gasteiger partial charge in [0.05, 0.1) is 11.9 Å². The molecule has 1 amide bonds. The molecule has 7 nitrogen and oxygen atoms in total. The van der Waals surface area contributed by atoms with Crippen LogP contribution in [0.2, 0.25) is 0 Å². The molecule has 3 aromatic rings. The Morgan fingerprint density at radius 2 is 1.83 bits per heavy atom. The second-order valence-corrected chi connectivity index (χ2v) is 9.58. The van der Waals surface area contributed by atoms with Gasteiger partial charge >= 0.3 is 0 Å². The van der Waals surface area contributed by atoms with Crippen molar-refractivity contribution in [3.05, 3.63) is 54.4 Å². The average molecular weight is 413 g/mol. The molecule has 0 radical (unpaired) electrons. The molecule has 2 aromatic heterocycles. The van der Waals surface area contributed by atoms with Gasteiger partial charge in [-0.1, -0.05) is 12.1 Å². The quantitative estimate of drug-likeness (QED) is 0.714. The number of carbonyl (C=O) groups excluding carboxylic acids is 1. The predicted octanol–water partition coefficient (Wildman–Crippen LogP) is 2.92. The van der Waals surface area contributed by atoms with Gasteiger partial charge in [-0.05, 0) is 49.6 Å². The number of nitrogens with one attached hydrogen (secondary N) is 1. The highest BCUT2D eigenvalue weighted by molar-refractivity contribution is 7.88. The van der Waals surface area contributed by atoms with Crippen LogP contribution in [0.1, 0.15) is 18.4 Å². The van der Waals surface area contributed by atoms with E-state index in [-0.39, 0.29) is 11.8 Å². The summed E-state index contributed by atoms with van der Waals surface area (Å²) in [7, 11) is -3.18. The molecule has 0 saturated carbocycles. The molecule has 0 atom stereocenters. The first-order valence-corrected chi connectivity index (χ1v) is 11.5. The number of carbonyl (C=O) groups is 1. The first-order valence-electron chi connectivity index (χ1n) is 9.61. The zero-order valence-corrected chi connectivity index (χ0v) is 17.3. The lowest BCUT2D eigenvalue weighted by molar-refractivity contribution is -0.120. The molecule has 0 unspecified atom stereocenters. The number of amides is 1. The van der Waals surface area contributed by atoms with Gasteiger partial charge in [-0.3, -0.25) is 4.79 Å². The number of nitrogens with zero attached hydrogens (tertiary/aromatic N) is 3. The summed E-state index contributed by atoms with van der Waals surface area (Å²) in [5.74, 6) is -0.233. The van der Waals surface area contributed by atoms with Crippen molar-refractivity contribution >= 4 is 27.3 Å². The fourth-order valence-corrected chi connectivity index (χ4v) is 4.52. The number of rotatable bonds is 4. The van der Waals surface area contributed by atoms with E-state index in [1.165, 1.54) is 10.6 Å². The Bertz CT molecular complexity index is 1140. The normalized spacial score (nSPS) is 16.2. The Labute approximate surface area is 170 Å². The number of benzene rings is 1. The number of aromatic nitrogens is 2. The van der Waals surface area contributed by atoms with Crippen LogP contribution >= 0.6 is 0 Å². The summed E-state index contributed by atoms with van der Waals surface area (Å²) in [4.78, 5) is 17.2. The van der Waals surface area contributed by atoms with Crippen molar-refractivity contribution in [2.75, 3.05) is 24.7 Å². The average Bonchev–Trinajstić information content (AvgIpc) is 3.11. The smallest absolute Gasteiger partial charge is 0.227 e. The molecule has 152 valence electrons. The van der Waals surface area contributed by atoms with Crippen LogP contribution < -0.4 is 5.32 Å². The maximum Gasteiger partial charge on any atom is 0.227 e. The first kappa shape index (κ1) is 19.6. The molecule has 1 N–H and O–H groups in total. The third kappa shape index (κ3) is 4.33. The standard InChI is InChI=1S/C21H24N4O3S/c1-15-7-10-24-14-19(23-20(24)13-15)16-3-5-18(6-4-16)22-21(26)17-8-11-25(12-9-17)29(2,27)28/h3-7,10,13-14,17H,8-9,11-12H2,1-2H3,(H,22,26). The Balaban J connectivity index is 1.41. The second kappa shape index (κ2) is 7.61. The van der Waals surface area contributed by atoms with Gasteiger partial charge in [0.15, 0.2) is 0 Å². The third-order valence-corrected chi connectivity index (χ3v) is 6.66. The largest absolute Gasteiger partial charge is 0.326 e. The van der Waals surface area contributed by atoms with Gasteiger partial charge in [-0.25, -0.2) is 17.7 Å². The lowest BCUT2D eigenvalue weighted by Crippen LogP contribution is -2.40. The topological polar surface area (TPSA) is 83.8 Å². The molecule has 4 rings (SSSR count). The summed E-state index contributed by atoms with van der Waals surface area (Å²) in [5, 5.41) is 2.95. The fraction of sp³-hybridized carbons (Fsp3) is 0.333. The van der Waals surface area contributed by atoms with Gasteiger partial charge in [0, 0.05) is 42.7 Å².